The van der Waals surface area contributed by atoms with E-state index in [4.69, 9.17) is 23.8 Å². The molecule has 76 valence electrons. The second kappa shape index (κ2) is 4.52. The van der Waals surface area contributed by atoms with Crippen LogP contribution in [0.1, 0.15) is 17.7 Å². The van der Waals surface area contributed by atoms with Crippen molar-refractivity contribution in [2.24, 2.45) is 0 Å². The Labute approximate surface area is 90.3 Å². The number of nitrogens with one attached hydrogen (secondary N) is 2. The van der Waals surface area contributed by atoms with Crippen molar-refractivity contribution in [2.75, 3.05) is 0 Å². The van der Waals surface area contributed by atoms with Crippen LogP contribution in [0.5, 0.6) is 0 Å². The Morgan fingerprint density at radius 1 is 1.50 bits per heavy atom. The number of carbonyl (C=O) groups is 1. The highest BCUT2D eigenvalue weighted by Gasteiger charge is 2.06. The fourth-order valence-corrected chi connectivity index (χ4v) is 1.49. The maximum absolute atomic E-state index is 11.4. The van der Waals surface area contributed by atoms with Gasteiger partial charge in [0, 0.05) is 17.7 Å². The third-order valence-corrected chi connectivity index (χ3v) is 2.22. The summed E-state index contributed by atoms with van der Waals surface area (Å²) in [5.41, 5.74) is 0.938. The highest BCUT2D eigenvalue weighted by atomic mass is 35.5. The minimum absolute atomic E-state index is 0.149. The van der Waals surface area contributed by atoms with Crippen molar-refractivity contribution in [3.8, 4) is 0 Å². The van der Waals surface area contributed by atoms with Crippen molar-refractivity contribution in [3.05, 3.63) is 26.4 Å². The molecule has 2 N–H and O–H groups in total. The number of rotatable bonds is 3. The number of hydrogen-bond donors (Lipinski definition) is 2. The van der Waals surface area contributed by atoms with Crippen LogP contribution in [-0.2, 0) is 11.2 Å². The molecule has 1 rings (SSSR count). The SMILES string of the molecule is Cc1[nH]c(=S)[nH]c(=O)c1CCC(=O)Cl. The van der Waals surface area contributed by atoms with Crippen molar-refractivity contribution in [2.45, 2.75) is 19.8 Å². The maximum atomic E-state index is 11.4. The summed E-state index contributed by atoms with van der Waals surface area (Å²) < 4.78 is 0.286. The molecule has 1 aromatic heterocycles. The van der Waals surface area contributed by atoms with Gasteiger partial charge in [0.15, 0.2) is 4.77 Å². The maximum Gasteiger partial charge on any atom is 0.255 e. The summed E-state index contributed by atoms with van der Waals surface area (Å²) in [4.78, 5) is 27.2. The van der Waals surface area contributed by atoms with Crippen molar-refractivity contribution < 1.29 is 4.79 Å². The molecule has 0 saturated carbocycles. The van der Waals surface area contributed by atoms with Gasteiger partial charge >= 0.3 is 0 Å². The second-order valence-electron chi connectivity index (χ2n) is 2.87. The highest BCUT2D eigenvalue weighted by Crippen LogP contribution is 2.02. The molecule has 0 spiro atoms. The molecule has 1 aromatic rings. The van der Waals surface area contributed by atoms with E-state index in [0.29, 0.717) is 17.7 Å². The number of hydrogen-bond acceptors (Lipinski definition) is 3. The molecule has 0 aliphatic heterocycles. The average molecular weight is 233 g/mol. The van der Waals surface area contributed by atoms with Crippen LogP contribution >= 0.6 is 23.8 Å². The molecule has 0 atom stereocenters. The minimum Gasteiger partial charge on any atom is -0.336 e. The first-order valence-corrected chi connectivity index (χ1v) is 4.79. The third-order valence-electron chi connectivity index (χ3n) is 1.83. The first kappa shape index (κ1) is 11.1. The largest absolute Gasteiger partial charge is 0.336 e. The summed E-state index contributed by atoms with van der Waals surface area (Å²) in [6.07, 6.45) is 0.478. The van der Waals surface area contributed by atoms with E-state index in [1.54, 1.807) is 6.92 Å². The number of carbonyl (C=O) groups excluding carboxylic acids is 1. The Morgan fingerprint density at radius 3 is 2.64 bits per heavy atom. The second-order valence-corrected chi connectivity index (χ2v) is 3.70. The molecular formula is C8H9ClN2O2S. The lowest BCUT2D eigenvalue weighted by atomic mass is 10.1. The van der Waals surface area contributed by atoms with Crippen LogP contribution < -0.4 is 5.56 Å². The van der Waals surface area contributed by atoms with Crippen LogP contribution in [0.15, 0.2) is 4.79 Å². The number of halogens is 1. The molecule has 1 heterocycles. The van der Waals surface area contributed by atoms with Crippen LogP contribution in [0.2, 0.25) is 0 Å². The van der Waals surface area contributed by atoms with Crippen molar-refractivity contribution in [1.82, 2.24) is 9.97 Å². The fraction of sp³-hybridized carbons (Fsp3) is 0.375. The number of H-pyrrole nitrogens is 2. The normalized spacial score (nSPS) is 10.1. The van der Waals surface area contributed by atoms with Gasteiger partial charge in [0.2, 0.25) is 5.24 Å². The van der Waals surface area contributed by atoms with Crippen LogP contribution in [0.4, 0.5) is 0 Å². The molecule has 14 heavy (non-hydrogen) atoms. The summed E-state index contributed by atoms with van der Waals surface area (Å²) in [7, 11) is 0. The molecule has 6 heteroatoms. The van der Waals surface area contributed by atoms with E-state index < -0.39 is 5.24 Å². The molecule has 0 saturated heterocycles. The zero-order chi connectivity index (χ0) is 10.7. The van der Waals surface area contributed by atoms with Gasteiger partial charge in [-0.25, -0.2) is 0 Å². The van der Waals surface area contributed by atoms with E-state index >= 15 is 0 Å². The van der Waals surface area contributed by atoms with E-state index in [-0.39, 0.29) is 16.8 Å². The van der Waals surface area contributed by atoms with E-state index in [9.17, 15) is 9.59 Å². The zero-order valence-corrected chi connectivity index (χ0v) is 9.09. The Bertz CT molecular complexity index is 463. The van der Waals surface area contributed by atoms with Crippen LogP contribution in [-0.4, -0.2) is 15.2 Å². The van der Waals surface area contributed by atoms with Gasteiger partial charge in [-0.3, -0.25) is 14.6 Å². The van der Waals surface area contributed by atoms with Gasteiger partial charge in [0.05, 0.1) is 0 Å². The Hall–Kier alpha value is -0.940. The van der Waals surface area contributed by atoms with Crippen molar-refractivity contribution in [1.29, 1.82) is 0 Å². The Morgan fingerprint density at radius 2 is 2.14 bits per heavy atom. The predicted octanol–water partition coefficient (Wildman–Crippen LogP) is 1.44. The molecule has 0 aliphatic carbocycles. The molecule has 0 amide bonds. The topological polar surface area (TPSA) is 65.7 Å². The quantitative estimate of drug-likeness (QED) is 0.612. The number of aromatic nitrogens is 2. The van der Waals surface area contributed by atoms with Gasteiger partial charge in [0.1, 0.15) is 0 Å². The Kier molecular flexibility index (Phi) is 3.60. The lowest BCUT2D eigenvalue weighted by Crippen LogP contribution is -2.16. The highest BCUT2D eigenvalue weighted by molar-refractivity contribution is 7.71. The van der Waals surface area contributed by atoms with Crippen LogP contribution in [0, 0.1) is 11.7 Å². The molecule has 0 radical (unpaired) electrons. The fourth-order valence-electron chi connectivity index (χ4n) is 1.15. The van der Waals surface area contributed by atoms with Gasteiger partial charge in [-0.1, -0.05) is 0 Å². The van der Waals surface area contributed by atoms with Gasteiger partial charge < -0.3 is 4.98 Å². The van der Waals surface area contributed by atoms with Gasteiger partial charge in [-0.2, -0.15) is 0 Å². The smallest absolute Gasteiger partial charge is 0.255 e. The summed E-state index contributed by atoms with van der Waals surface area (Å²) in [5.74, 6) is 0. The van der Waals surface area contributed by atoms with Gasteiger partial charge in [0.25, 0.3) is 5.56 Å². The predicted molar refractivity (Wildman–Crippen MR) is 56.2 cm³/mol. The standard InChI is InChI=1S/C8H9ClN2O2S/c1-4-5(2-3-6(9)12)7(13)11-8(14)10-4/h2-3H2,1H3,(H2,10,11,13,14). The Balaban J connectivity index is 3.03. The number of aromatic amines is 2. The van der Waals surface area contributed by atoms with E-state index in [2.05, 4.69) is 9.97 Å². The first-order valence-electron chi connectivity index (χ1n) is 4.01. The van der Waals surface area contributed by atoms with Crippen LogP contribution in [0.25, 0.3) is 0 Å². The summed E-state index contributed by atoms with van der Waals surface area (Å²) in [5, 5.41) is -0.453. The van der Waals surface area contributed by atoms with E-state index in [0.717, 1.165) is 0 Å². The first-order chi connectivity index (χ1) is 6.50. The summed E-state index contributed by atoms with van der Waals surface area (Å²) >= 11 is 9.96. The summed E-state index contributed by atoms with van der Waals surface area (Å²) in [6.45, 7) is 1.74. The number of aryl methyl sites for hydroxylation is 1. The molecule has 0 aliphatic rings. The monoisotopic (exact) mass is 232 g/mol. The van der Waals surface area contributed by atoms with Gasteiger partial charge in [-0.05, 0) is 37.2 Å². The molecule has 0 fully saturated rings. The molecule has 0 unspecified atom stereocenters. The summed E-state index contributed by atoms with van der Waals surface area (Å²) in [6, 6.07) is 0. The lowest BCUT2D eigenvalue weighted by Gasteiger charge is -2.01. The molecule has 4 nitrogen and oxygen atoms in total. The zero-order valence-electron chi connectivity index (χ0n) is 7.52. The van der Waals surface area contributed by atoms with E-state index in [1.165, 1.54) is 0 Å². The van der Waals surface area contributed by atoms with Crippen LogP contribution in [0.3, 0.4) is 0 Å². The molecular weight excluding hydrogens is 224 g/mol. The van der Waals surface area contributed by atoms with Crippen molar-refractivity contribution >= 4 is 29.1 Å². The van der Waals surface area contributed by atoms with E-state index in [1.807, 2.05) is 0 Å². The third kappa shape index (κ3) is 2.78. The lowest BCUT2D eigenvalue weighted by molar-refractivity contribution is -0.111. The van der Waals surface area contributed by atoms with Gasteiger partial charge in [-0.15, -0.1) is 0 Å². The minimum atomic E-state index is -0.453. The molecule has 0 bridgehead atoms. The van der Waals surface area contributed by atoms with Crippen molar-refractivity contribution in [3.63, 3.8) is 0 Å². The average Bonchev–Trinajstić information content (AvgIpc) is 2.01. The molecule has 0 aromatic carbocycles.